The van der Waals surface area contributed by atoms with E-state index in [1.807, 2.05) is 0 Å². The van der Waals surface area contributed by atoms with Gasteiger partial charge in [0.1, 0.15) is 23.5 Å². The Morgan fingerprint density at radius 3 is 2.86 bits per heavy atom. The number of nitrogens with two attached hydrogens (primary N) is 1. The summed E-state index contributed by atoms with van der Waals surface area (Å²) >= 11 is 1.15. The number of likely N-dealkylation sites (tertiary alicyclic amines) is 1. The molecule has 216 valence electrons. The van der Waals surface area contributed by atoms with Crippen molar-refractivity contribution >= 4 is 45.4 Å². The topological polar surface area (TPSA) is 119 Å². The van der Waals surface area contributed by atoms with Crippen molar-refractivity contribution in [2.45, 2.75) is 22.6 Å². The second kappa shape index (κ2) is 10.2. The van der Waals surface area contributed by atoms with Crippen LogP contribution in [-0.2, 0) is 10.3 Å². The number of benzene rings is 1. The van der Waals surface area contributed by atoms with Crippen LogP contribution in [-0.4, -0.2) is 68.0 Å². The van der Waals surface area contributed by atoms with Gasteiger partial charge in [-0.3, -0.25) is 4.79 Å². The van der Waals surface area contributed by atoms with Crippen molar-refractivity contribution in [3.63, 3.8) is 0 Å². The lowest BCUT2D eigenvalue weighted by molar-refractivity contribution is -0.160. The average Bonchev–Trinajstić information content (AvgIpc) is 3.69. The monoisotopic (exact) mass is 597 g/mol. The van der Waals surface area contributed by atoms with Crippen molar-refractivity contribution in [2.75, 3.05) is 31.7 Å². The fraction of sp³-hybridized carbons (Fsp3) is 0.321. The zero-order valence-corrected chi connectivity index (χ0v) is 22.7. The molecule has 0 spiro atoms. The van der Waals surface area contributed by atoms with Crippen LogP contribution in [0.5, 0.6) is 5.88 Å². The number of carbonyl (C=O) groups excluding carboxylic acids is 1. The van der Waals surface area contributed by atoms with Crippen molar-refractivity contribution in [2.24, 2.45) is 16.6 Å². The van der Waals surface area contributed by atoms with Crippen LogP contribution in [0.2, 0.25) is 0 Å². The summed E-state index contributed by atoms with van der Waals surface area (Å²) in [5, 5.41) is 3.12. The Kier molecular flexibility index (Phi) is 6.72. The van der Waals surface area contributed by atoms with Gasteiger partial charge in [-0.25, -0.2) is 37.5 Å². The molecule has 1 aromatic carbocycles. The van der Waals surface area contributed by atoms with Gasteiger partial charge in [0.25, 0.3) is 5.92 Å². The third-order valence-electron chi connectivity index (χ3n) is 7.44. The van der Waals surface area contributed by atoms with Gasteiger partial charge in [-0.15, -0.1) is 6.42 Å². The molecular formula is C28H23F4N7O2S. The molecule has 2 aliphatic heterocycles. The maximum Gasteiger partial charge on any atom is 0.282 e. The van der Waals surface area contributed by atoms with E-state index in [1.54, 1.807) is 12.1 Å². The molecule has 14 heteroatoms. The third-order valence-corrected chi connectivity index (χ3v) is 8.71. The molecule has 1 saturated carbocycles. The number of amides is 1. The second-order valence-corrected chi connectivity index (χ2v) is 11.6. The summed E-state index contributed by atoms with van der Waals surface area (Å²) in [6.07, 6.45) is 11.2. The number of carbonyl (C=O) groups is 1. The first-order valence-electron chi connectivity index (χ1n) is 12.8. The average molecular weight is 598 g/mol. The normalized spacial score (nSPS) is 25.7. The third kappa shape index (κ3) is 4.87. The molecular weight excluding hydrogens is 574 g/mol. The summed E-state index contributed by atoms with van der Waals surface area (Å²) in [5.74, 6) is -1.79. The van der Waals surface area contributed by atoms with Gasteiger partial charge in [0.2, 0.25) is 11.8 Å². The number of hydrogen-bond donors (Lipinski definition) is 2. The van der Waals surface area contributed by atoms with Crippen molar-refractivity contribution in [3.8, 4) is 18.2 Å². The Hall–Kier alpha value is -4.38. The van der Waals surface area contributed by atoms with Crippen LogP contribution in [0.3, 0.4) is 0 Å². The first-order valence-corrected chi connectivity index (χ1v) is 13.6. The Morgan fingerprint density at radius 2 is 2.12 bits per heavy atom. The van der Waals surface area contributed by atoms with Crippen LogP contribution in [0.25, 0.3) is 11.0 Å². The highest BCUT2D eigenvalue weighted by Gasteiger charge is 2.67. The SMILES string of the molecule is C#CCOc1cnc2c(Nc3ccc(F)c([C@@]4(CF)N=C(N)S[C@@]5(C=CC(=O)N6CC(F)(F)C6)C[C@H]54)c3)nccc2n1. The van der Waals surface area contributed by atoms with E-state index >= 15 is 4.39 Å². The van der Waals surface area contributed by atoms with Gasteiger partial charge < -0.3 is 20.7 Å². The largest absolute Gasteiger partial charge is 0.463 e. The highest BCUT2D eigenvalue weighted by molar-refractivity contribution is 8.15. The van der Waals surface area contributed by atoms with E-state index in [0.29, 0.717) is 29.0 Å². The summed E-state index contributed by atoms with van der Waals surface area (Å²) < 4.78 is 61.3. The van der Waals surface area contributed by atoms with E-state index in [1.165, 1.54) is 36.7 Å². The predicted molar refractivity (Wildman–Crippen MR) is 150 cm³/mol. The summed E-state index contributed by atoms with van der Waals surface area (Å²) in [4.78, 5) is 30.8. The number of aromatic nitrogens is 3. The van der Waals surface area contributed by atoms with Crippen LogP contribution in [0, 0.1) is 24.1 Å². The summed E-state index contributed by atoms with van der Waals surface area (Å²) in [5.41, 5.74) is 5.69. The molecule has 4 heterocycles. The molecule has 3 aliphatic rings. The molecule has 3 N–H and O–H groups in total. The van der Waals surface area contributed by atoms with E-state index in [-0.39, 0.29) is 23.2 Å². The first kappa shape index (κ1) is 27.8. The minimum atomic E-state index is -2.89. The number of alkyl halides is 3. The summed E-state index contributed by atoms with van der Waals surface area (Å²) in [6, 6.07) is 5.74. The zero-order chi connectivity index (χ0) is 29.7. The van der Waals surface area contributed by atoms with Gasteiger partial charge in [-0.2, -0.15) is 0 Å². The van der Waals surface area contributed by atoms with Crippen molar-refractivity contribution in [3.05, 3.63) is 60.2 Å². The maximum atomic E-state index is 15.4. The van der Waals surface area contributed by atoms with Crippen LogP contribution < -0.4 is 15.8 Å². The molecule has 9 nitrogen and oxygen atoms in total. The van der Waals surface area contributed by atoms with Gasteiger partial charge in [-0.1, -0.05) is 23.8 Å². The van der Waals surface area contributed by atoms with E-state index in [0.717, 1.165) is 16.7 Å². The Morgan fingerprint density at radius 1 is 1.31 bits per heavy atom. The summed E-state index contributed by atoms with van der Waals surface area (Å²) in [7, 11) is 0. The number of hydrogen-bond acceptors (Lipinski definition) is 9. The van der Waals surface area contributed by atoms with Gasteiger partial charge in [0.15, 0.2) is 17.6 Å². The fourth-order valence-electron chi connectivity index (χ4n) is 5.36. The summed E-state index contributed by atoms with van der Waals surface area (Å²) in [6.45, 7) is -2.33. The van der Waals surface area contributed by atoms with E-state index in [2.05, 4.69) is 31.2 Å². The Bertz CT molecular complexity index is 1690. The van der Waals surface area contributed by atoms with Crippen molar-refractivity contribution in [1.82, 2.24) is 19.9 Å². The molecule has 1 aliphatic carbocycles. The number of aliphatic imine (C=N–C) groups is 1. The number of anilines is 2. The van der Waals surface area contributed by atoms with E-state index < -0.39 is 53.6 Å². The molecule has 1 saturated heterocycles. The van der Waals surface area contributed by atoms with Crippen LogP contribution >= 0.6 is 11.8 Å². The highest BCUT2D eigenvalue weighted by atomic mass is 32.2. The molecule has 0 unspecified atom stereocenters. The number of amidine groups is 1. The standard InChI is InChI=1S/C28H23F4N7O2S/c1-2-9-41-21-12-35-23-19(37-21)6-8-34-24(23)36-16-3-4-18(30)17(10-16)28(13-29)20-11-26(20,42-25(33)38-28)7-5-22(40)39-14-27(31,32)15-39/h1,3-8,10,12,20H,9,11,13-15H2,(H2,33,38)(H,34,36)/t20-,26+,28-/m1/s1. The van der Waals surface area contributed by atoms with Crippen LogP contribution in [0.4, 0.5) is 29.1 Å². The fourth-order valence-corrected chi connectivity index (χ4v) is 6.68. The highest BCUT2D eigenvalue weighted by Crippen LogP contribution is 2.67. The molecule has 6 rings (SSSR count). The molecule has 3 aromatic rings. The van der Waals surface area contributed by atoms with Crippen molar-refractivity contribution < 1.29 is 27.1 Å². The Balaban J connectivity index is 1.28. The number of terminal acetylenes is 1. The van der Waals surface area contributed by atoms with E-state index in [9.17, 15) is 18.0 Å². The Labute approximate surface area is 241 Å². The number of halogens is 4. The van der Waals surface area contributed by atoms with Gasteiger partial charge in [-0.05, 0) is 30.7 Å². The molecule has 0 bridgehead atoms. The van der Waals surface area contributed by atoms with Gasteiger partial charge >= 0.3 is 0 Å². The molecule has 42 heavy (non-hydrogen) atoms. The minimum Gasteiger partial charge on any atom is -0.463 e. The second-order valence-electron chi connectivity index (χ2n) is 10.3. The number of nitrogens with zero attached hydrogens (tertiary/aromatic N) is 5. The van der Waals surface area contributed by atoms with E-state index in [4.69, 9.17) is 16.9 Å². The number of fused-ring (bicyclic) bond motifs is 2. The number of pyridine rings is 1. The maximum absolute atomic E-state index is 15.4. The van der Waals surface area contributed by atoms with Crippen molar-refractivity contribution in [1.29, 1.82) is 0 Å². The first-order chi connectivity index (χ1) is 20.1. The quantitative estimate of drug-likeness (QED) is 0.228. The number of thioether (sulfide) groups is 1. The number of rotatable bonds is 8. The molecule has 2 aromatic heterocycles. The molecule has 0 radical (unpaired) electrons. The lowest BCUT2D eigenvalue weighted by Crippen LogP contribution is -2.58. The lowest BCUT2D eigenvalue weighted by atomic mass is 9.84. The molecule has 1 amide bonds. The number of nitrogens with one attached hydrogen (secondary N) is 1. The van der Waals surface area contributed by atoms with Crippen LogP contribution in [0.15, 0.2) is 53.8 Å². The minimum absolute atomic E-state index is 0.0245. The predicted octanol–water partition coefficient (Wildman–Crippen LogP) is 3.94. The smallest absolute Gasteiger partial charge is 0.282 e. The van der Waals surface area contributed by atoms with Gasteiger partial charge in [0.05, 0.1) is 24.8 Å². The lowest BCUT2D eigenvalue weighted by Gasteiger charge is -2.38. The van der Waals surface area contributed by atoms with Gasteiger partial charge in [0, 0.05) is 34.2 Å². The number of ether oxygens (including phenoxy) is 1. The zero-order valence-electron chi connectivity index (χ0n) is 21.9. The molecule has 3 atom stereocenters. The van der Waals surface area contributed by atoms with Crippen LogP contribution in [0.1, 0.15) is 12.0 Å². The molecule has 2 fully saturated rings.